The van der Waals surface area contributed by atoms with Crippen LogP contribution in [0.2, 0.25) is 0 Å². The SMILES string of the molecule is Cc1cccc(CNCc2ccccc2CS(=O)(=O)N2CCOCC2)c1C. The maximum Gasteiger partial charge on any atom is 0.218 e. The van der Waals surface area contributed by atoms with E-state index >= 15 is 0 Å². The van der Waals surface area contributed by atoms with Gasteiger partial charge in [0.25, 0.3) is 0 Å². The Bertz CT molecular complexity index is 875. The van der Waals surface area contributed by atoms with E-state index in [4.69, 9.17) is 4.74 Å². The molecule has 0 saturated carbocycles. The van der Waals surface area contributed by atoms with Crippen LogP contribution in [0.1, 0.15) is 27.8 Å². The first-order valence-electron chi connectivity index (χ1n) is 9.35. The van der Waals surface area contributed by atoms with Crippen LogP contribution in [-0.2, 0) is 33.6 Å². The van der Waals surface area contributed by atoms with Crippen LogP contribution in [-0.4, -0.2) is 39.0 Å². The summed E-state index contributed by atoms with van der Waals surface area (Å²) in [5.74, 6) is 0.0360. The molecule has 0 radical (unpaired) electrons. The van der Waals surface area contributed by atoms with Gasteiger partial charge in [0.05, 0.1) is 19.0 Å². The van der Waals surface area contributed by atoms with Gasteiger partial charge in [-0.1, -0.05) is 42.5 Å². The molecule has 146 valence electrons. The van der Waals surface area contributed by atoms with E-state index in [1.807, 2.05) is 24.3 Å². The molecule has 5 nitrogen and oxygen atoms in total. The van der Waals surface area contributed by atoms with E-state index in [1.54, 1.807) is 0 Å². The molecule has 3 rings (SSSR count). The Balaban J connectivity index is 1.66. The van der Waals surface area contributed by atoms with Crippen molar-refractivity contribution in [2.45, 2.75) is 32.7 Å². The first kappa shape index (κ1) is 20.0. The number of nitrogens with zero attached hydrogens (tertiary/aromatic N) is 1. The van der Waals surface area contributed by atoms with Crippen LogP contribution in [0.25, 0.3) is 0 Å². The molecule has 0 unspecified atom stereocenters. The Morgan fingerprint density at radius 1 is 0.926 bits per heavy atom. The Kier molecular flexibility index (Phi) is 6.65. The summed E-state index contributed by atoms with van der Waals surface area (Å²) >= 11 is 0. The van der Waals surface area contributed by atoms with E-state index < -0.39 is 10.0 Å². The molecule has 0 bridgehead atoms. The summed E-state index contributed by atoms with van der Waals surface area (Å²) < 4.78 is 32.3. The minimum absolute atomic E-state index is 0.0360. The van der Waals surface area contributed by atoms with E-state index in [2.05, 4.69) is 37.4 Å². The van der Waals surface area contributed by atoms with Crippen molar-refractivity contribution in [3.63, 3.8) is 0 Å². The molecule has 0 amide bonds. The van der Waals surface area contributed by atoms with Gasteiger partial charge in [-0.25, -0.2) is 8.42 Å². The summed E-state index contributed by atoms with van der Waals surface area (Å²) in [7, 11) is -3.32. The van der Waals surface area contributed by atoms with Gasteiger partial charge in [0.1, 0.15) is 0 Å². The van der Waals surface area contributed by atoms with Crippen molar-refractivity contribution in [2.24, 2.45) is 0 Å². The van der Waals surface area contributed by atoms with Gasteiger partial charge in [-0.15, -0.1) is 0 Å². The maximum atomic E-state index is 12.7. The Hall–Kier alpha value is -1.73. The number of hydrogen-bond acceptors (Lipinski definition) is 4. The van der Waals surface area contributed by atoms with Gasteiger partial charge >= 0.3 is 0 Å². The Morgan fingerprint density at radius 2 is 1.56 bits per heavy atom. The monoisotopic (exact) mass is 388 g/mol. The van der Waals surface area contributed by atoms with Crippen molar-refractivity contribution >= 4 is 10.0 Å². The summed E-state index contributed by atoms with van der Waals surface area (Å²) in [6, 6.07) is 14.1. The highest BCUT2D eigenvalue weighted by Crippen LogP contribution is 2.17. The van der Waals surface area contributed by atoms with Crippen molar-refractivity contribution in [3.05, 3.63) is 70.3 Å². The van der Waals surface area contributed by atoms with Crippen LogP contribution >= 0.6 is 0 Å². The standard InChI is InChI=1S/C21H28N2O3S/c1-17-6-5-9-19(18(17)2)14-22-15-20-7-3-4-8-21(20)16-27(24,25)23-10-12-26-13-11-23/h3-9,22H,10-16H2,1-2H3. The van der Waals surface area contributed by atoms with Gasteiger partial charge < -0.3 is 10.1 Å². The molecule has 0 aromatic heterocycles. The average molecular weight is 389 g/mol. The Labute approximate surface area is 162 Å². The summed E-state index contributed by atoms with van der Waals surface area (Å²) in [6.45, 7) is 7.47. The molecule has 1 aliphatic heterocycles. The van der Waals surface area contributed by atoms with E-state index in [9.17, 15) is 8.42 Å². The normalized spacial score (nSPS) is 15.8. The van der Waals surface area contributed by atoms with Crippen molar-refractivity contribution in [2.75, 3.05) is 26.3 Å². The molecular weight excluding hydrogens is 360 g/mol. The van der Waals surface area contributed by atoms with Gasteiger partial charge in [0.15, 0.2) is 0 Å². The lowest BCUT2D eigenvalue weighted by Gasteiger charge is -2.26. The highest BCUT2D eigenvalue weighted by Gasteiger charge is 2.25. The van der Waals surface area contributed by atoms with Gasteiger partial charge in [0, 0.05) is 26.2 Å². The largest absolute Gasteiger partial charge is 0.379 e. The average Bonchev–Trinajstić information content (AvgIpc) is 2.67. The van der Waals surface area contributed by atoms with E-state index in [1.165, 1.54) is 21.0 Å². The number of benzene rings is 2. The van der Waals surface area contributed by atoms with Crippen molar-refractivity contribution in [1.82, 2.24) is 9.62 Å². The first-order chi connectivity index (χ1) is 13.0. The second-order valence-corrected chi connectivity index (χ2v) is 8.97. The van der Waals surface area contributed by atoms with Crippen LogP contribution < -0.4 is 5.32 Å². The molecule has 2 aromatic carbocycles. The highest BCUT2D eigenvalue weighted by molar-refractivity contribution is 7.88. The lowest BCUT2D eigenvalue weighted by atomic mass is 10.0. The van der Waals surface area contributed by atoms with Crippen molar-refractivity contribution in [1.29, 1.82) is 0 Å². The third-order valence-corrected chi connectivity index (χ3v) is 7.00. The summed E-state index contributed by atoms with van der Waals surface area (Å²) in [4.78, 5) is 0. The van der Waals surface area contributed by atoms with Crippen LogP contribution in [0.15, 0.2) is 42.5 Å². The van der Waals surface area contributed by atoms with Crippen LogP contribution in [0.3, 0.4) is 0 Å². The van der Waals surface area contributed by atoms with E-state index in [0.717, 1.165) is 17.7 Å². The number of aryl methyl sites for hydroxylation is 1. The zero-order chi connectivity index (χ0) is 19.3. The van der Waals surface area contributed by atoms with E-state index in [0.29, 0.717) is 32.8 Å². The van der Waals surface area contributed by atoms with Crippen LogP contribution in [0, 0.1) is 13.8 Å². The molecule has 1 fully saturated rings. The summed E-state index contributed by atoms with van der Waals surface area (Å²) in [5, 5.41) is 3.46. The van der Waals surface area contributed by atoms with Gasteiger partial charge in [-0.3, -0.25) is 0 Å². The maximum absolute atomic E-state index is 12.7. The molecule has 27 heavy (non-hydrogen) atoms. The fourth-order valence-corrected chi connectivity index (χ4v) is 4.88. The van der Waals surface area contributed by atoms with Crippen LogP contribution in [0.5, 0.6) is 0 Å². The third-order valence-electron chi connectivity index (χ3n) is 5.17. The molecule has 2 aromatic rings. The topological polar surface area (TPSA) is 58.6 Å². The number of sulfonamides is 1. The third kappa shape index (κ3) is 5.17. The predicted molar refractivity (Wildman–Crippen MR) is 108 cm³/mol. The molecular formula is C21H28N2O3S. The number of morpholine rings is 1. The zero-order valence-electron chi connectivity index (χ0n) is 16.1. The molecule has 0 spiro atoms. The highest BCUT2D eigenvalue weighted by atomic mass is 32.2. The second kappa shape index (κ2) is 8.97. The Morgan fingerprint density at radius 3 is 2.30 bits per heavy atom. The fourth-order valence-electron chi connectivity index (χ4n) is 3.32. The lowest BCUT2D eigenvalue weighted by Crippen LogP contribution is -2.41. The molecule has 1 heterocycles. The number of nitrogens with one attached hydrogen (secondary N) is 1. The fraction of sp³-hybridized carbons (Fsp3) is 0.429. The van der Waals surface area contributed by atoms with Gasteiger partial charge in [-0.05, 0) is 41.7 Å². The number of hydrogen-bond donors (Lipinski definition) is 1. The first-order valence-corrected chi connectivity index (χ1v) is 11.0. The van der Waals surface area contributed by atoms with Crippen molar-refractivity contribution < 1.29 is 13.2 Å². The van der Waals surface area contributed by atoms with E-state index in [-0.39, 0.29) is 5.75 Å². The molecule has 1 aliphatic rings. The van der Waals surface area contributed by atoms with Crippen molar-refractivity contribution in [3.8, 4) is 0 Å². The predicted octanol–water partition coefficient (Wildman–Crippen LogP) is 2.76. The second-order valence-electron chi connectivity index (χ2n) is 7.00. The quantitative estimate of drug-likeness (QED) is 0.792. The minimum Gasteiger partial charge on any atom is -0.379 e. The summed E-state index contributed by atoms with van der Waals surface area (Å²) in [6.07, 6.45) is 0. The molecule has 6 heteroatoms. The van der Waals surface area contributed by atoms with Crippen LogP contribution in [0.4, 0.5) is 0 Å². The number of ether oxygens (including phenoxy) is 1. The zero-order valence-corrected chi connectivity index (χ0v) is 16.9. The molecule has 0 atom stereocenters. The number of rotatable bonds is 7. The minimum atomic E-state index is -3.32. The lowest BCUT2D eigenvalue weighted by molar-refractivity contribution is 0.0729. The molecule has 0 aliphatic carbocycles. The van der Waals surface area contributed by atoms with Gasteiger partial charge in [0.2, 0.25) is 10.0 Å². The molecule has 1 saturated heterocycles. The smallest absolute Gasteiger partial charge is 0.218 e. The van der Waals surface area contributed by atoms with Gasteiger partial charge in [-0.2, -0.15) is 4.31 Å². The molecule has 1 N–H and O–H groups in total. The summed E-state index contributed by atoms with van der Waals surface area (Å²) in [5.41, 5.74) is 5.74.